The molecular formula is C35H35F3N6O3. The molecule has 0 bridgehead atoms. The maximum absolute atomic E-state index is 14.0. The van der Waals surface area contributed by atoms with Crippen LogP contribution in [0.5, 0.6) is 5.75 Å². The Balaban J connectivity index is 1.18. The van der Waals surface area contributed by atoms with E-state index in [2.05, 4.69) is 28.0 Å². The van der Waals surface area contributed by atoms with Crippen LogP contribution in [0.2, 0.25) is 0 Å². The maximum Gasteiger partial charge on any atom is 0.416 e. The molecule has 2 aromatic carbocycles. The monoisotopic (exact) mass is 644 g/mol. The first kappa shape index (κ1) is 30.9. The number of morpholine rings is 1. The van der Waals surface area contributed by atoms with Crippen molar-refractivity contribution < 1.29 is 27.4 Å². The molecule has 1 saturated heterocycles. The molecule has 2 aliphatic rings. The van der Waals surface area contributed by atoms with Gasteiger partial charge in [-0.25, -0.2) is 9.67 Å². The van der Waals surface area contributed by atoms with Gasteiger partial charge in [0.05, 0.1) is 42.0 Å². The topological polar surface area (TPSA) is 77.1 Å². The average molecular weight is 645 g/mol. The van der Waals surface area contributed by atoms with Gasteiger partial charge in [-0.3, -0.25) is 9.69 Å². The third-order valence-corrected chi connectivity index (χ3v) is 9.18. The van der Waals surface area contributed by atoms with E-state index in [4.69, 9.17) is 9.47 Å². The summed E-state index contributed by atoms with van der Waals surface area (Å²) in [5.74, 6) is 0.395. The molecule has 244 valence electrons. The van der Waals surface area contributed by atoms with E-state index in [0.29, 0.717) is 35.7 Å². The summed E-state index contributed by atoms with van der Waals surface area (Å²) in [6.45, 7) is 8.27. The van der Waals surface area contributed by atoms with Gasteiger partial charge < -0.3 is 18.8 Å². The Bertz CT molecular complexity index is 1910. The second kappa shape index (κ2) is 12.5. The Hall–Kier alpha value is -4.68. The second-order valence-corrected chi connectivity index (χ2v) is 12.0. The third-order valence-electron chi connectivity index (χ3n) is 9.18. The number of hydrogen-bond donors (Lipinski definition) is 0. The SMILES string of the molecule is Cc1c(CN2CCOCC2)ccc(OCC(=O)N2CCc3nc4cc(C(F)(F)F)ccn4c3C2c2cnn(-c3ccccc3)c2)c1C. The van der Waals surface area contributed by atoms with Crippen molar-refractivity contribution >= 4 is 11.6 Å². The number of halogens is 3. The van der Waals surface area contributed by atoms with E-state index in [9.17, 15) is 18.0 Å². The van der Waals surface area contributed by atoms with Gasteiger partial charge in [0, 0.05) is 50.6 Å². The van der Waals surface area contributed by atoms with E-state index in [1.165, 1.54) is 11.8 Å². The molecule has 2 aliphatic heterocycles. The molecule has 1 amide bonds. The zero-order valence-corrected chi connectivity index (χ0v) is 26.2. The molecule has 47 heavy (non-hydrogen) atoms. The number of hydrogen-bond acceptors (Lipinski definition) is 6. The van der Waals surface area contributed by atoms with E-state index in [1.54, 1.807) is 20.2 Å². The number of para-hydroxylation sites is 1. The van der Waals surface area contributed by atoms with Gasteiger partial charge in [-0.1, -0.05) is 24.3 Å². The summed E-state index contributed by atoms with van der Waals surface area (Å²) >= 11 is 0. The first-order valence-electron chi connectivity index (χ1n) is 15.7. The zero-order chi connectivity index (χ0) is 32.7. The predicted octanol–water partition coefficient (Wildman–Crippen LogP) is 5.54. The Kier molecular flexibility index (Phi) is 8.23. The highest BCUT2D eigenvalue weighted by Crippen LogP contribution is 2.38. The molecule has 9 nitrogen and oxygen atoms in total. The number of aromatic nitrogens is 4. The fourth-order valence-electron chi connectivity index (χ4n) is 6.47. The maximum atomic E-state index is 14.0. The lowest BCUT2D eigenvalue weighted by Gasteiger charge is -2.35. The molecule has 0 N–H and O–H groups in total. The van der Waals surface area contributed by atoms with E-state index in [1.807, 2.05) is 49.5 Å². The average Bonchev–Trinajstić information content (AvgIpc) is 3.72. The van der Waals surface area contributed by atoms with Crippen molar-refractivity contribution in [3.05, 3.63) is 112 Å². The number of imidazole rings is 1. The number of fused-ring (bicyclic) bond motifs is 3. The van der Waals surface area contributed by atoms with Crippen molar-refractivity contribution in [1.29, 1.82) is 0 Å². The lowest BCUT2D eigenvalue weighted by molar-refractivity contribution is -0.137. The van der Waals surface area contributed by atoms with Crippen LogP contribution in [0.1, 0.15) is 45.2 Å². The highest BCUT2D eigenvalue weighted by Gasteiger charge is 2.38. The molecule has 0 aliphatic carbocycles. The van der Waals surface area contributed by atoms with Gasteiger partial charge in [0.15, 0.2) is 6.61 Å². The normalized spacial score (nSPS) is 17.2. The van der Waals surface area contributed by atoms with Crippen molar-refractivity contribution in [3.63, 3.8) is 0 Å². The molecule has 0 radical (unpaired) electrons. The summed E-state index contributed by atoms with van der Waals surface area (Å²) in [7, 11) is 0. The minimum Gasteiger partial charge on any atom is -0.483 e. The van der Waals surface area contributed by atoms with Crippen LogP contribution < -0.4 is 4.74 Å². The van der Waals surface area contributed by atoms with E-state index < -0.39 is 17.8 Å². The molecule has 1 unspecified atom stereocenters. The summed E-state index contributed by atoms with van der Waals surface area (Å²) in [5, 5.41) is 4.56. The van der Waals surface area contributed by atoms with Crippen LogP contribution in [0.4, 0.5) is 13.2 Å². The van der Waals surface area contributed by atoms with Crippen LogP contribution in [0.15, 0.2) is 73.2 Å². The first-order chi connectivity index (χ1) is 22.7. The molecule has 5 aromatic rings. The van der Waals surface area contributed by atoms with Crippen LogP contribution in [-0.2, 0) is 28.7 Å². The Morgan fingerprint density at radius 1 is 1.02 bits per heavy atom. The smallest absolute Gasteiger partial charge is 0.416 e. The quantitative estimate of drug-likeness (QED) is 0.232. The Morgan fingerprint density at radius 2 is 1.81 bits per heavy atom. The van der Waals surface area contributed by atoms with Gasteiger partial charge in [-0.15, -0.1) is 0 Å². The molecule has 0 spiro atoms. The summed E-state index contributed by atoms with van der Waals surface area (Å²) in [5.41, 5.74) is 5.56. The van der Waals surface area contributed by atoms with Gasteiger partial charge in [0.1, 0.15) is 17.4 Å². The predicted molar refractivity (Wildman–Crippen MR) is 169 cm³/mol. The molecule has 1 atom stereocenters. The van der Waals surface area contributed by atoms with Crippen molar-refractivity contribution in [2.45, 2.75) is 39.0 Å². The summed E-state index contributed by atoms with van der Waals surface area (Å²) in [6, 6.07) is 15.0. The Morgan fingerprint density at radius 3 is 2.57 bits per heavy atom. The molecule has 3 aromatic heterocycles. The summed E-state index contributed by atoms with van der Waals surface area (Å²) < 4.78 is 55.7. The number of alkyl halides is 3. The van der Waals surface area contributed by atoms with E-state index in [-0.39, 0.29) is 18.2 Å². The molecule has 1 fully saturated rings. The largest absolute Gasteiger partial charge is 0.483 e. The number of benzene rings is 2. The fraction of sp³-hybridized carbons (Fsp3) is 0.343. The van der Waals surface area contributed by atoms with Crippen molar-refractivity contribution in [2.24, 2.45) is 0 Å². The number of rotatable bonds is 7. The highest BCUT2D eigenvalue weighted by atomic mass is 19.4. The van der Waals surface area contributed by atoms with Crippen LogP contribution in [0.25, 0.3) is 11.3 Å². The van der Waals surface area contributed by atoms with Gasteiger partial charge >= 0.3 is 6.18 Å². The van der Waals surface area contributed by atoms with Crippen molar-refractivity contribution in [3.8, 4) is 11.4 Å². The fourth-order valence-corrected chi connectivity index (χ4v) is 6.47. The second-order valence-electron chi connectivity index (χ2n) is 12.0. The zero-order valence-electron chi connectivity index (χ0n) is 26.2. The molecule has 0 saturated carbocycles. The lowest BCUT2D eigenvalue weighted by Crippen LogP contribution is -2.43. The van der Waals surface area contributed by atoms with Crippen LogP contribution >= 0.6 is 0 Å². The van der Waals surface area contributed by atoms with E-state index in [0.717, 1.165) is 61.8 Å². The highest BCUT2D eigenvalue weighted by molar-refractivity contribution is 5.79. The van der Waals surface area contributed by atoms with Gasteiger partial charge in [0.25, 0.3) is 5.91 Å². The number of carbonyl (C=O) groups is 1. The molecular weight excluding hydrogens is 609 g/mol. The number of carbonyl (C=O) groups excluding carboxylic acids is 1. The third kappa shape index (κ3) is 6.10. The van der Waals surface area contributed by atoms with Gasteiger partial charge in [0.2, 0.25) is 0 Å². The number of pyridine rings is 1. The summed E-state index contributed by atoms with van der Waals surface area (Å²) in [4.78, 5) is 22.7. The molecule has 5 heterocycles. The molecule has 12 heteroatoms. The summed E-state index contributed by atoms with van der Waals surface area (Å²) in [6.07, 6.45) is 0.814. The number of ether oxygens (including phenoxy) is 2. The van der Waals surface area contributed by atoms with Crippen molar-refractivity contribution in [2.75, 3.05) is 39.5 Å². The Labute approximate surface area is 270 Å². The van der Waals surface area contributed by atoms with Crippen LogP contribution in [0.3, 0.4) is 0 Å². The van der Waals surface area contributed by atoms with E-state index >= 15 is 0 Å². The number of amides is 1. The minimum atomic E-state index is -4.50. The van der Waals surface area contributed by atoms with Crippen molar-refractivity contribution in [1.82, 2.24) is 29.0 Å². The first-order valence-corrected chi connectivity index (χ1v) is 15.7. The van der Waals surface area contributed by atoms with Crippen LogP contribution in [-0.4, -0.2) is 74.3 Å². The standard InChI is InChI=1S/C35H35F3N6O3/c1-23-24(2)30(9-8-25(23)20-41-14-16-46-17-15-41)47-22-32(45)43-13-11-29-34(42-12-10-27(35(36,37)38)18-31(42)40-29)33(43)26-19-39-44(21-26)28-6-4-3-5-7-28/h3-10,12,18-19,21,33H,11,13-17,20,22H2,1-2H3. The number of nitrogens with zero attached hydrogens (tertiary/aromatic N) is 6. The van der Waals surface area contributed by atoms with Gasteiger partial charge in [-0.05, 0) is 60.9 Å². The molecule has 7 rings (SSSR count). The lowest BCUT2D eigenvalue weighted by atomic mass is 9.97. The minimum absolute atomic E-state index is 0.180. The van der Waals surface area contributed by atoms with Gasteiger partial charge in [-0.2, -0.15) is 18.3 Å². The van der Waals surface area contributed by atoms with Crippen LogP contribution in [0, 0.1) is 13.8 Å².